The van der Waals surface area contributed by atoms with Crippen molar-refractivity contribution in [3.63, 3.8) is 0 Å². The molecular formula is C29H33Br2N3O7S. The monoisotopic (exact) mass is 725 g/mol. The van der Waals surface area contributed by atoms with Gasteiger partial charge in [0.1, 0.15) is 23.0 Å². The highest BCUT2D eigenvalue weighted by Crippen LogP contribution is 2.18. The van der Waals surface area contributed by atoms with Gasteiger partial charge in [0.2, 0.25) is 0 Å². The Morgan fingerprint density at radius 3 is 1.74 bits per heavy atom. The second-order valence-corrected chi connectivity index (χ2v) is 12.0. The lowest BCUT2D eigenvalue weighted by Gasteiger charge is -2.07. The first-order chi connectivity index (χ1) is 20.1. The van der Waals surface area contributed by atoms with Crippen molar-refractivity contribution in [2.24, 2.45) is 0 Å². The second-order valence-electron chi connectivity index (χ2n) is 8.57. The fourth-order valence-electron chi connectivity index (χ4n) is 2.88. The zero-order chi connectivity index (χ0) is 30.8. The molecule has 0 aliphatic carbocycles. The van der Waals surface area contributed by atoms with Crippen LogP contribution in [0.1, 0.15) is 31.7 Å². The summed E-state index contributed by atoms with van der Waals surface area (Å²) < 4.78 is 40.7. The van der Waals surface area contributed by atoms with Crippen LogP contribution in [0.5, 0.6) is 23.0 Å². The fourth-order valence-corrected chi connectivity index (χ4v) is 4.52. The van der Waals surface area contributed by atoms with Crippen LogP contribution in [0, 0.1) is 6.92 Å². The molecule has 3 aromatic heterocycles. The summed E-state index contributed by atoms with van der Waals surface area (Å²) in [6.07, 6.45) is 11.7. The average molecular weight is 727 g/mol. The van der Waals surface area contributed by atoms with Gasteiger partial charge in [0.05, 0.1) is 49.5 Å². The average Bonchev–Trinajstić information content (AvgIpc) is 2.94. The molecule has 0 saturated carbocycles. The molecule has 13 heteroatoms. The lowest BCUT2D eigenvalue weighted by molar-refractivity contribution is 0.246. The summed E-state index contributed by atoms with van der Waals surface area (Å²) in [4.78, 5) is 11.7. The number of ether oxygens (including phenoxy) is 2. The van der Waals surface area contributed by atoms with Gasteiger partial charge in [0.25, 0.3) is 10.1 Å². The minimum atomic E-state index is -3.55. The van der Waals surface area contributed by atoms with Gasteiger partial charge in [-0.05, 0) is 69.5 Å². The van der Waals surface area contributed by atoms with Crippen LogP contribution >= 0.6 is 31.9 Å². The number of hydrogen-bond donors (Lipinski definition) is 2. The van der Waals surface area contributed by atoms with Gasteiger partial charge in [-0.25, -0.2) is 0 Å². The number of nitrogens with zero attached hydrogens (tertiary/aromatic N) is 3. The second kappa shape index (κ2) is 19.0. The molecule has 0 spiro atoms. The number of halogens is 2. The van der Waals surface area contributed by atoms with Crippen molar-refractivity contribution in [2.75, 3.05) is 19.8 Å². The molecule has 0 radical (unpaired) electrons. The third-order valence-corrected chi connectivity index (χ3v) is 7.13. The van der Waals surface area contributed by atoms with Crippen molar-refractivity contribution in [1.82, 2.24) is 15.0 Å². The smallest absolute Gasteiger partial charge is 0.296 e. The van der Waals surface area contributed by atoms with Gasteiger partial charge in [-0.2, -0.15) is 8.42 Å². The van der Waals surface area contributed by atoms with Crippen LogP contribution in [-0.2, 0) is 14.3 Å². The van der Waals surface area contributed by atoms with E-state index in [4.69, 9.17) is 18.8 Å². The fraction of sp³-hybridized carbons (Fsp3) is 0.276. The molecule has 4 aromatic rings. The zero-order valence-electron chi connectivity index (χ0n) is 23.2. The summed E-state index contributed by atoms with van der Waals surface area (Å²) in [5.41, 5.74) is 1.03. The summed E-state index contributed by atoms with van der Waals surface area (Å²) in [6.45, 7) is 5.18. The molecule has 0 saturated heterocycles. The SMILES string of the molecule is CCCCOS(=O)(=O)c1ccc(C)cc1.Oc1cncc(Br)c1.Oc1cncc(OCCCOc2cncc(Br)c2)c1. The van der Waals surface area contributed by atoms with E-state index in [1.165, 1.54) is 18.5 Å². The molecule has 1 aromatic carbocycles. The number of aromatic hydroxyl groups is 2. The Hall–Kier alpha value is -3.26. The van der Waals surface area contributed by atoms with Gasteiger partial charge >= 0.3 is 0 Å². The van der Waals surface area contributed by atoms with E-state index >= 15 is 0 Å². The molecule has 0 atom stereocenters. The van der Waals surface area contributed by atoms with Crippen LogP contribution in [-0.4, -0.2) is 53.4 Å². The highest BCUT2D eigenvalue weighted by molar-refractivity contribution is 9.10. The topological polar surface area (TPSA) is 141 Å². The van der Waals surface area contributed by atoms with Gasteiger partial charge in [0.15, 0.2) is 0 Å². The number of aromatic nitrogens is 3. The largest absolute Gasteiger partial charge is 0.506 e. The Kier molecular flexibility index (Phi) is 15.8. The van der Waals surface area contributed by atoms with Crippen molar-refractivity contribution >= 4 is 42.0 Å². The minimum absolute atomic E-state index is 0.0916. The molecule has 2 N–H and O–H groups in total. The summed E-state index contributed by atoms with van der Waals surface area (Å²) in [5, 5.41) is 17.9. The van der Waals surface area contributed by atoms with Crippen LogP contribution in [0.25, 0.3) is 0 Å². The molecule has 0 fully saturated rings. The molecule has 0 unspecified atom stereocenters. The Labute approximate surface area is 263 Å². The number of rotatable bonds is 11. The number of benzene rings is 1. The molecule has 0 aliphatic heterocycles. The summed E-state index contributed by atoms with van der Waals surface area (Å²) in [7, 11) is -3.55. The highest BCUT2D eigenvalue weighted by Gasteiger charge is 2.13. The number of aryl methyl sites for hydroxylation is 1. The molecule has 0 bridgehead atoms. The van der Waals surface area contributed by atoms with E-state index in [2.05, 4.69) is 46.8 Å². The molecule has 10 nitrogen and oxygen atoms in total. The quantitative estimate of drug-likeness (QED) is 0.125. The van der Waals surface area contributed by atoms with E-state index in [9.17, 15) is 13.5 Å². The van der Waals surface area contributed by atoms with Crippen molar-refractivity contribution in [3.8, 4) is 23.0 Å². The van der Waals surface area contributed by atoms with E-state index in [-0.39, 0.29) is 23.0 Å². The normalized spacial score (nSPS) is 10.5. The molecule has 42 heavy (non-hydrogen) atoms. The third kappa shape index (κ3) is 14.6. The van der Waals surface area contributed by atoms with Crippen LogP contribution in [0.3, 0.4) is 0 Å². The van der Waals surface area contributed by atoms with Gasteiger partial charge in [-0.3, -0.25) is 19.1 Å². The zero-order valence-corrected chi connectivity index (χ0v) is 27.2. The third-order valence-electron chi connectivity index (χ3n) is 4.94. The maximum atomic E-state index is 11.6. The number of hydrogen-bond acceptors (Lipinski definition) is 10. The van der Waals surface area contributed by atoms with Gasteiger partial charge < -0.3 is 19.7 Å². The summed E-state index contributed by atoms with van der Waals surface area (Å²) in [5.74, 6) is 1.53. The molecule has 3 heterocycles. The Bertz CT molecular complexity index is 1400. The standard InChI is InChI=1S/C13H13BrN2O3.C11H16O3S.C5H4BrNO/c14-10-4-12(8-15-6-10)18-2-1-3-19-13-5-11(17)7-16-9-13;1-3-4-9-14-15(12,13)11-7-5-10(2)6-8-11;6-4-1-5(8)3-7-2-4/h4-9,17H,1-3H2;5-8H,3-4,9H2,1-2H3;1-3,8H. The lowest BCUT2D eigenvalue weighted by atomic mass is 10.2. The van der Waals surface area contributed by atoms with E-state index in [1.807, 2.05) is 19.9 Å². The van der Waals surface area contributed by atoms with Crippen molar-refractivity contribution < 1.29 is 32.3 Å². The molecule has 226 valence electrons. The number of unbranched alkanes of at least 4 members (excludes halogenated alkanes) is 1. The maximum absolute atomic E-state index is 11.6. The molecular weight excluding hydrogens is 694 g/mol. The molecule has 4 rings (SSSR count). The van der Waals surface area contributed by atoms with Crippen molar-refractivity contribution in [1.29, 1.82) is 0 Å². The van der Waals surface area contributed by atoms with Gasteiger partial charge in [-0.1, -0.05) is 31.0 Å². The molecule has 0 aliphatic rings. The Morgan fingerprint density at radius 1 is 0.714 bits per heavy atom. The Morgan fingerprint density at radius 2 is 1.24 bits per heavy atom. The van der Waals surface area contributed by atoms with Gasteiger partial charge in [-0.15, -0.1) is 0 Å². The van der Waals surface area contributed by atoms with Crippen molar-refractivity contribution in [2.45, 2.75) is 38.0 Å². The predicted octanol–water partition coefficient (Wildman–Crippen LogP) is 6.84. The van der Waals surface area contributed by atoms with E-state index in [1.54, 1.807) is 55.1 Å². The van der Waals surface area contributed by atoms with Crippen molar-refractivity contribution in [3.05, 3.63) is 94.2 Å². The highest BCUT2D eigenvalue weighted by atomic mass is 79.9. The van der Waals surface area contributed by atoms with Crippen LogP contribution in [0.4, 0.5) is 0 Å². The van der Waals surface area contributed by atoms with Crippen LogP contribution in [0.15, 0.2) is 93.5 Å². The van der Waals surface area contributed by atoms with Crippen LogP contribution < -0.4 is 9.47 Å². The summed E-state index contributed by atoms with van der Waals surface area (Å²) in [6, 6.07) is 11.6. The Balaban J connectivity index is 0.000000238. The van der Waals surface area contributed by atoms with E-state index in [0.717, 1.165) is 33.8 Å². The summed E-state index contributed by atoms with van der Waals surface area (Å²) >= 11 is 6.46. The first kappa shape index (κ1) is 34.9. The molecule has 0 amide bonds. The lowest BCUT2D eigenvalue weighted by Crippen LogP contribution is -2.07. The first-order valence-electron chi connectivity index (χ1n) is 12.8. The minimum Gasteiger partial charge on any atom is -0.506 e. The number of pyridine rings is 3. The van der Waals surface area contributed by atoms with Gasteiger partial charge in [0, 0.05) is 33.8 Å². The van der Waals surface area contributed by atoms with E-state index < -0.39 is 10.1 Å². The van der Waals surface area contributed by atoms with E-state index in [0.29, 0.717) is 24.7 Å². The first-order valence-corrected chi connectivity index (χ1v) is 15.8. The van der Waals surface area contributed by atoms with Crippen LogP contribution in [0.2, 0.25) is 0 Å². The maximum Gasteiger partial charge on any atom is 0.296 e. The predicted molar refractivity (Wildman–Crippen MR) is 166 cm³/mol.